The number of anilines is 1. The molecule has 1 aliphatic rings. The van der Waals surface area contributed by atoms with E-state index >= 15 is 0 Å². The predicted molar refractivity (Wildman–Crippen MR) is 94.4 cm³/mol. The number of sulfonamides is 1. The number of carbonyl (C=O) groups is 1. The molecule has 1 aromatic heterocycles. The average Bonchev–Trinajstić information content (AvgIpc) is 3.03. The van der Waals surface area contributed by atoms with Crippen LogP contribution in [0.1, 0.15) is 23.8 Å². The third-order valence-electron chi connectivity index (χ3n) is 4.11. The average molecular weight is 363 g/mol. The number of aromatic nitrogens is 1. The Morgan fingerprint density at radius 1 is 1.24 bits per heavy atom. The molecule has 1 aromatic carbocycles. The predicted octanol–water partition coefficient (Wildman–Crippen LogP) is 2.16. The standard InChI is InChI=1S/C17H21N3O4S/c1-3-7-19-8-9-20-12-15(11-16(20)17(19)21)25(22,23)18-13-5-4-6-14(10-13)24-2/h4-6,10-12,18H,3,7-9H2,1-2H3. The van der Waals surface area contributed by atoms with Crippen molar-refractivity contribution in [2.75, 3.05) is 24.9 Å². The second kappa shape index (κ2) is 6.79. The van der Waals surface area contributed by atoms with Gasteiger partial charge < -0.3 is 14.2 Å². The van der Waals surface area contributed by atoms with Crippen LogP contribution in [-0.2, 0) is 16.6 Å². The Morgan fingerprint density at radius 2 is 2.04 bits per heavy atom. The minimum Gasteiger partial charge on any atom is -0.497 e. The summed E-state index contributed by atoms with van der Waals surface area (Å²) in [5, 5.41) is 0. The lowest BCUT2D eigenvalue weighted by molar-refractivity contribution is 0.0705. The SMILES string of the molecule is CCCN1CCn2cc(S(=O)(=O)Nc3cccc(OC)c3)cc2C1=O. The van der Waals surface area contributed by atoms with E-state index in [1.54, 1.807) is 33.7 Å². The van der Waals surface area contributed by atoms with E-state index in [0.717, 1.165) is 6.42 Å². The number of hydrogen-bond donors (Lipinski definition) is 1. The summed E-state index contributed by atoms with van der Waals surface area (Å²) >= 11 is 0. The van der Waals surface area contributed by atoms with Gasteiger partial charge in [-0.1, -0.05) is 13.0 Å². The molecule has 0 aliphatic carbocycles. The summed E-state index contributed by atoms with van der Waals surface area (Å²) < 4.78 is 34.6. The van der Waals surface area contributed by atoms with Crippen LogP contribution < -0.4 is 9.46 Å². The van der Waals surface area contributed by atoms with E-state index in [9.17, 15) is 13.2 Å². The van der Waals surface area contributed by atoms with Crippen LogP contribution >= 0.6 is 0 Å². The van der Waals surface area contributed by atoms with Crippen molar-refractivity contribution in [3.63, 3.8) is 0 Å². The molecule has 7 nitrogen and oxygen atoms in total. The maximum absolute atomic E-state index is 12.6. The first-order valence-electron chi connectivity index (χ1n) is 8.11. The molecule has 25 heavy (non-hydrogen) atoms. The molecule has 1 N–H and O–H groups in total. The highest BCUT2D eigenvalue weighted by molar-refractivity contribution is 7.92. The van der Waals surface area contributed by atoms with Crippen LogP contribution in [0.4, 0.5) is 5.69 Å². The van der Waals surface area contributed by atoms with Gasteiger partial charge >= 0.3 is 0 Å². The van der Waals surface area contributed by atoms with Crippen molar-refractivity contribution in [3.05, 3.63) is 42.2 Å². The Bertz CT molecular complexity index is 889. The molecular weight excluding hydrogens is 342 g/mol. The quantitative estimate of drug-likeness (QED) is 0.853. The Labute approximate surface area is 147 Å². The highest BCUT2D eigenvalue weighted by Crippen LogP contribution is 2.24. The van der Waals surface area contributed by atoms with Gasteiger partial charge in [0.25, 0.3) is 15.9 Å². The summed E-state index contributed by atoms with van der Waals surface area (Å²) in [6, 6.07) is 8.11. The van der Waals surface area contributed by atoms with Crippen LogP contribution in [0, 0.1) is 0 Å². The number of hydrogen-bond acceptors (Lipinski definition) is 4. The van der Waals surface area contributed by atoms with Crippen molar-refractivity contribution < 1.29 is 17.9 Å². The van der Waals surface area contributed by atoms with Gasteiger partial charge in [-0.25, -0.2) is 8.42 Å². The van der Waals surface area contributed by atoms with Crippen molar-refractivity contribution in [2.24, 2.45) is 0 Å². The van der Waals surface area contributed by atoms with Crippen LogP contribution in [0.5, 0.6) is 5.75 Å². The zero-order valence-corrected chi connectivity index (χ0v) is 15.0. The first-order valence-corrected chi connectivity index (χ1v) is 9.59. The molecule has 0 spiro atoms. The smallest absolute Gasteiger partial charge is 0.270 e. The number of nitrogens with zero attached hydrogens (tertiary/aromatic N) is 2. The van der Waals surface area contributed by atoms with E-state index < -0.39 is 10.0 Å². The first kappa shape index (κ1) is 17.3. The molecule has 0 radical (unpaired) electrons. The lowest BCUT2D eigenvalue weighted by Crippen LogP contribution is -2.40. The molecule has 2 heterocycles. The maximum Gasteiger partial charge on any atom is 0.270 e. The summed E-state index contributed by atoms with van der Waals surface area (Å²) in [4.78, 5) is 14.3. The summed E-state index contributed by atoms with van der Waals surface area (Å²) in [5.41, 5.74) is 0.813. The fraction of sp³-hybridized carbons (Fsp3) is 0.353. The van der Waals surface area contributed by atoms with Crippen LogP contribution in [0.25, 0.3) is 0 Å². The van der Waals surface area contributed by atoms with Crippen molar-refractivity contribution in [3.8, 4) is 5.75 Å². The number of benzene rings is 1. The Balaban J connectivity index is 1.87. The third kappa shape index (κ3) is 3.48. The molecular formula is C17H21N3O4S. The van der Waals surface area contributed by atoms with Crippen molar-refractivity contribution in [1.29, 1.82) is 0 Å². The van der Waals surface area contributed by atoms with Gasteiger partial charge in [0.05, 0.1) is 12.8 Å². The fourth-order valence-electron chi connectivity index (χ4n) is 2.87. The normalized spacial score (nSPS) is 14.3. The molecule has 0 unspecified atom stereocenters. The van der Waals surface area contributed by atoms with E-state index in [-0.39, 0.29) is 10.8 Å². The molecule has 0 saturated carbocycles. The van der Waals surface area contributed by atoms with E-state index in [0.29, 0.717) is 36.8 Å². The van der Waals surface area contributed by atoms with Gasteiger partial charge in [0.2, 0.25) is 0 Å². The van der Waals surface area contributed by atoms with Gasteiger partial charge in [-0.05, 0) is 24.6 Å². The van der Waals surface area contributed by atoms with Crippen LogP contribution in [-0.4, -0.2) is 44.0 Å². The van der Waals surface area contributed by atoms with E-state index in [1.807, 2.05) is 6.92 Å². The summed E-state index contributed by atoms with van der Waals surface area (Å²) in [6.07, 6.45) is 2.38. The van der Waals surface area contributed by atoms with Gasteiger partial charge in [0.15, 0.2) is 0 Å². The van der Waals surface area contributed by atoms with Gasteiger partial charge in [0.1, 0.15) is 16.3 Å². The third-order valence-corrected chi connectivity index (χ3v) is 5.46. The summed E-state index contributed by atoms with van der Waals surface area (Å²) in [6.45, 7) is 3.87. The van der Waals surface area contributed by atoms with Gasteiger partial charge in [-0.2, -0.15) is 0 Å². The lowest BCUT2D eigenvalue weighted by Gasteiger charge is -2.27. The van der Waals surface area contributed by atoms with Crippen LogP contribution in [0.2, 0.25) is 0 Å². The Kier molecular flexibility index (Phi) is 4.71. The molecule has 1 aliphatic heterocycles. The fourth-order valence-corrected chi connectivity index (χ4v) is 3.96. The molecule has 3 rings (SSSR count). The minimum atomic E-state index is -3.78. The number of amides is 1. The molecule has 0 atom stereocenters. The Hall–Kier alpha value is -2.48. The summed E-state index contributed by atoms with van der Waals surface area (Å²) in [5.74, 6) is 0.428. The largest absolute Gasteiger partial charge is 0.497 e. The molecule has 8 heteroatoms. The Morgan fingerprint density at radius 3 is 2.76 bits per heavy atom. The maximum atomic E-state index is 12.6. The monoisotopic (exact) mass is 363 g/mol. The number of fused-ring (bicyclic) bond motifs is 1. The topological polar surface area (TPSA) is 80.6 Å². The minimum absolute atomic E-state index is 0.0806. The van der Waals surface area contributed by atoms with Crippen LogP contribution in [0.15, 0.2) is 41.4 Å². The van der Waals surface area contributed by atoms with Crippen LogP contribution in [0.3, 0.4) is 0 Å². The molecule has 0 bridgehead atoms. The second-order valence-electron chi connectivity index (χ2n) is 5.88. The number of nitrogens with one attached hydrogen (secondary N) is 1. The van der Waals surface area contributed by atoms with E-state index in [2.05, 4.69) is 4.72 Å². The number of ether oxygens (including phenoxy) is 1. The zero-order chi connectivity index (χ0) is 18.0. The molecule has 1 amide bonds. The molecule has 0 saturated heterocycles. The van der Waals surface area contributed by atoms with E-state index in [1.165, 1.54) is 19.4 Å². The second-order valence-corrected chi connectivity index (χ2v) is 7.57. The number of methoxy groups -OCH3 is 1. The molecule has 2 aromatic rings. The van der Waals surface area contributed by atoms with Gasteiger partial charge in [-0.3, -0.25) is 9.52 Å². The lowest BCUT2D eigenvalue weighted by atomic mass is 10.2. The first-order chi connectivity index (χ1) is 11.9. The highest BCUT2D eigenvalue weighted by atomic mass is 32.2. The zero-order valence-electron chi connectivity index (χ0n) is 14.2. The van der Waals surface area contributed by atoms with Gasteiger partial charge in [-0.15, -0.1) is 0 Å². The molecule has 0 fully saturated rings. The number of rotatable bonds is 6. The molecule has 134 valence electrons. The van der Waals surface area contributed by atoms with Crippen molar-refractivity contribution in [2.45, 2.75) is 24.8 Å². The number of carbonyl (C=O) groups excluding carboxylic acids is 1. The van der Waals surface area contributed by atoms with E-state index in [4.69, 9.17) is 4.74 Å². The summed E-state index contributed by atoms with van der Waals surface area (Å²) in [7, 11) is -2.27. The highest BCUT2D eigenvalue weighted by Gasteiger charge is 2.28. The van der Waals surface area contributed by atoms with Crippen molar-refractivity contribution in [1.82, 2.24) is 9.47 Å². The van der Waals surface area contributed by atoms with Gasteiger partial charge in [0, 0.05) is 31.9 Å². The van der Waals surface area contributed by atoms with Crippen molar-refractivity contribution >= 4 is 21.6 Å².